The van der Waals surface area contributed by atoms with Gasteiger partial charge in [0, 0.05) is 0 Å². The van der Waals surface area contributed by atoms with Crippen molar-refractivity contribution in [1.29, 1.82) is 0 Å². The molecule has 0 saturated heterocycles. The molecule has 1 N–H and O–H groups in total. The van der Waals surface area contributed by atoms with Crippen molar-refractivity contribution >= 4 is 17.1 Å². The van der Waals surface area contributed by atoms with Crippen molar-refractivity contribution < 1.29 is 5.21 Å². The first-order valence-corrected chi connectivity index (χ1v) is 4.45. The van der Waals surface area contributed by atoms with Gasteiger partial charge in [0.2, 0.25) is 0 Å². The first-order chi connectivity index (χ1) is 6.65. The summed E-state index contributed by atoms with van der Waals surface area (Å²) in [6, 6.07) is 7.84. The molecule has 0 aliphatic heterocycles. The van der Waals surface area contributed by atoms with Crippen LogP contribution in [0, 0.1) is 6.92 Å². The van der Waals surface area contributed by atoms with E-state index in [-0.39, 0.29) is 0 Å². The van der Waals surface area contributed by atoms with Gasteiger partial charge in [0.15, 0.2) is 0 Å². The van der Waals surface area contributed by atoms with Crippen LogP contribution in [0.1, 0.15) is 19.4 Å². The van der Waals surface area contributed by atoms with Crippen LogP contribution in [0.4, 0.5) is 5.69 Å². The van der Waals surface area contributed by atoms with Gasteiger partial charge in [-0.25, -0.2) is 0 Å². The lowest BCUT2D eigenvalue weighted by molar-refractivity contribution is 0.320. The minimum atomic E-state index is 0.535. The summed E-state index contributed by atoms with van der Waals surface area (Å²) in [4.78, 5) is 4.36. The van der Waals surface area contributed by atoms with Crippen molar-refractivity contribution in [2.75, 3.05) is 0 Å². The summed E-state index contributed by atoms with van der Waals surface area (Å²) >= 11 is 0. The second-order valence-corrected chi connectivity index (χ2v) is 3.17. The van der Waals surface area contributed by atoms with Crippen LogP contribution in [0.5, 0.6) is 0 Å². The molecule has 1 aromatic carbocycles. The highest BCUT2D eigenvalue weighted by Gasteiger charge is 1.99. The van der Waals surface area contributed by atoms with E-state index in [9.17, 15) is 0 Å². The normalized spacial score (nSPS) is 13.1. The Balaban J connectivity index is 3.04. The molecule has 0 aromatic heterocycles. The van der Waals surface area contributed by atoms with Gasteiger partial charge < -0.3 is 5.21 Å². The number of aliphatic imine (C=N–C) groups is 1. The van der Waals surface area contributed by atoms with Crippen LogP contribution in [-0.4, -0.2) is 16.6 Å². The fourth-order valence-corrected chi connectivity index (χ4v) is 1.02. The number of rotatable bonds is 2. The molecular formula is C11H14N2O. The van der Waals surface area contributed by atoms with Crippen LogP contribution in [0.15, 0.2) is 34.4 Å². The first-order valence-electron chi connectivity index (χ1n) is 4.45. The topological polar surface area (TPSA) is 45.0 Å². The summed E-state index contributed by atoms with van der Waals surface area (Å²) in [6.45, 7) is 5.54. The Hall–Kier alpha value is -1.64. The maximum atomic E-state index is 8.56. The number of aryl methyl sites for hydroxylation is 1. The Labute approximate surface area is 83.8 Å². The molecular weight excluding hydrogens is 176 g/mol. The van der Waals surface area contributed by atoms with E-state index in [1.807, 2.05) is 38.1 Å². The van der Waals surface area contributed by atoms with Gasteiger partial charge in [-0.05, 0) is 32.4 Å². The maximum Gasteiger partial charge on any atom is 0.0976 e. The first kappa shape index (κ1) is 10.4. The number of nitrogens with zero attached hydrogens (tertiary/aromatic N) is 2. The van der Waals surface area contributed by atoms with Gasteiger partial charge in [-0.3, -0.25) is 4.99 Å². The molecule has 0 spiro atoms. The van der Waals surface area contributed by atoms with Crippen molar-refractivity contribution in [3.8, 4) is 0 Å². The average molecular weight is 190 g/mol. The molecule has 3 heteroatoms. The SMILES string of the molecule is CC(=N\O)/C(C)=N/c1ccccc1C. The number of benzene rings is 1. The smallest absolute Gasteiger partial charge is 0.0976 e. The fraction of sp³-hybridized carbons (Fsp3) is 0.273. The lowest BCUT2D eigenvalue weighted by atomic mass is 10.2. The standard InChI is InChI=1S/C11H14N2O/c1-8-6-4-5-7-11(8)12-9(2)10(3)13-14/h4-7,14H,1-3H3/b12-9+,13-10+. The molecule has 0 amide bonds. The van der Waals surface area contributed by atoms with E-state index in [2.05, 4.69) is 10.1 Å². The number of oxime groups is 1. The van der Waals surface area contributed by atoms with Crippen molar-refractivity contribution in [3.05, 3.63) is 29.8 Å². The highest BCUT2D eigenvalue weighted by molar-refractivity contribution is 6.40. The van der Waals surface area contributed by atoms with Crippen LogP contribution in [0.2, 0.25) is 0 Å². The minimum absolute atomic E-state index is 0.535. The molecule has 74 valence electrons. The molecule has 3 nitrogen and oxygen atoms in total. The quantitative estimate of drug-likeness (QED) is 0.435. The third-order valence-corrected chi connectivity index (χ3v) is 2.08. The largest absolute Gasteiger partial charge is 0.411 e. The number of hydrogen-bond donors (Lipinski definition) is 1. The van der Waals surface area contributed by atoms with Crippen LogP contribution < -0.4 is 0 Å². The molecule has 0 fully saturated rings. The van der Waals surface area contributed by atoms with Gasteiger partial charge >= 0.3 is 0 Å². The van der Waals surface area contributed by atoms with Crippen LogP contribution in [-0.2, 0) is 0 Å². The molecule has 0 aliphatic carbocycles. The van der Waals surface area contributed by atoms with E-state index in [0.717, 1.165) is 17.0 Å². The van der Waals surface area contributed by atoms with Crippen LogP contribution in [0.25, 0.3) is 0 Å². The lowest BCUT2D eigenvalue weighted by Crippen LogP contribution is -2.04. The third-order valence-electron chi connectivity index (χ3n) is 2.08. The molecule has 14 heavy (non-hydrogen) atoms. The Morgan fingerprint density at radius 2 is 1.79 bits per heavy atom. The lowest BCUT2D eigenvalue weighted by Gasteiger charge is -2.01. The average Bonchev–Trinajstić information content (AvgIpc) is 2.20. The van der Waals surface area contributed by atoms with Gasteiger partial charge in [0.25, 0.3) is 0 Å². The Bertz CT molecular complexity index is 381. The third kappa shape index (κ3) is 2.42. The molecule has 0 atom stereocenters. The van der Waals surface area contributed by atoms with Crippen molar-refractivity contribution in [2.24, 2.45) is 10.1 Å². The second kappa shape index (κ2) is 4.56. The molecule has 0 aliphatic rings. The molecule has 1 aromatic rings. The van der Waals surface area contributed by atoms with Crippen molar-refractivity contribution in [3.63, 3.8) is 0 Å². The Morgan fingerprint density at radius 3 is 2.36 bits per heavy atom. The summed E-state index contributed by atoms with van der Waals surface area (Å²) in [7, 11) is 0. The molecule has 0 saturated carbocycles. The summed E-state index contributed by atoms with van der Waals surface area (Å²) in [6.07, 6.45) is 0. The zero-order chi connectivity index (χ0) is 10.6. The number of hydrogen-bond acceptors (Lipinski definition) is 3. The monoisotopic (exact) mass is 190 g/mol. The van der Waals surface area contributed by atoms with Gasteiger partial charge in [0.05, 0.1) is 17.1 Å². The van der Waals surface area contributed by atoms with E-state index in [1.54, 1.807) is 6.92 Å². The molecule has 0 heterocycles. The van der Waals surface area contributed by atoms with E-state index in [4.69, 9.17) is 5.21 Å². The highest BCUT2D eigenvalue weighted by Crippen LogP contribution is 2.17. The Kier molecular flexibility index (Phi) is 3.40. The van der Waals surface area contributed by atoms with Crippen molar-refractivity contribution in [2.45, 2.75) is 20.8 Å². The van der Waals surface area contributed by atoms with Gasteiger partial charge in [-0.2, -0.15) is 0 Å². The molecule has 0 radical (unpaired) electrons. The predicted molar refractivity (Wildman–Crippen MR) is 58.8 cm³/mol. The predicted octanol–water partition coefficient (Wildman–Crippen LogP) is 2.94. The zero-order valence-corrected chi connectivity index (χ0v) is 8.65. The summed E-state index contributed by atoms with van der Waals surface area (Å²) in [5, 5.41) is 11.7. The summed E-state index contributed by atoms with van der Waals surface area (Å²) < 4.78 is 0. The van der Waals surface area contributed by atoms with E-state index < -0.39 is 0 Å². The van der Waals surface area contributed by atoms with Crippen molar-refractivity contribution in [1.82, 2.24) is 0 Å². The van der Waals surface area contributed by atoms with E-state index >= 15 is 0 Å². The van der Waals surface area contributed by atoms with Gasteiger partial charge in [-0.15, -0.1) is 0 Å². The van der Waals surface area contributed by atoms with Gasteiger partial charge in [0.1, 0.15) is 0 Å². The molecule has 1 rings (SSSR count). The summed E-state index contributed by atoms with van der Waals surface area (Å²) in [5.74, 6) is 0. The van der Waals surface area contributed by atoms with E-state index in [0.29, 0.717) is 5.71 Å². The highest BCUT2D eigenvalue weighted by atomic mass is 16.4. The fourth-order valence-electron chi connectivity index (χ4n) is 1.02. The second-order valence-electron chi connectivity index (χ2n) is 3.17. The zero-order valence-electron chi connectivity index (χ0n) is 8.65. The number of para-hydroxylation sites is 1. The Morgan fingerprint density at radius 1 is 1.14 bits per heavy atom. The molecule has 0 unspecified atom stereocenters. The van der Waals surface area contributed by atoms with Crippen LogP contribution >= 0.6 is 0 Å². The van der Waals surface area contributed by atoms with Gasteiger partial charge in [-0.1, -0.05) is 23.4 Å². The minimum Gasteiger partial charge on any atom is -0.411 e. The molecule has 0 bridgehead atoms. The summed E-state index contributed by atoms with van der Waals surface area (Å²) in [5.41, 5.74) is 3.28. The van der Waals surface area contributed by atoms with E-state index in [1.165, 1.54) is 0 Å². The van der Waals surface area contributed by atoms with Crippen LogP contribution in [0.3, 0.4) is 0 Å². The maximum absolute atomic E-state index is 8.56.